The number of hydrogen-bond donors (Lipinski definition) is 1. The van der Waals surface area contributed by atoms with Crippen LogP contribution >= 0.6 is 0 Å². The number of rotatable bonds is 7. The summed E-state index contributed by atoms with van der Waals surface area (Å²) < 4.78 is 44.1. The Morgan fingerprint density at radius 2 is 2.08 bits per heavy atom. The predicted octanol–water partition coefficient (Wildman–Crippen LogP) is 2.47. The molecule has 2 rings (SSSR count). The molecule has 25 heavy (non-hydrogen) atoms. The molecule has 2 aromatic heterocycles. The van der Waals surface area contributed by atoms with Gasteiger partial charge in [0.1, 0.15) is 18.4 Å². The molecule has 0 aliphatic carbocycles. The number of alkyl halides is 3. The van der Waals surface area contributed by atoms with Crippen molar-refractivity contribution in [3.63, 3.8) is 0 Å². The van der Waals surface area contributed by atoms with Gasteiger partial charge in [0, 0.05) is 0 Å². The molecule has 0 spiro atoms. The van der Waals surface area contributed by atoms with Gasteiger partial charge >= 0.3 is 12.1 Å². The minimum absolute atomic E-state index is 0.129. The van der Waals surface area contributed by atoms with Crippen LogP contribution in [0.4, 0.5) is 13.2 Å². The number of tetrazole rings is 1. The summed E-state index contributed by atoms with van der Waals surface area (Å²) in [5, 5.41) is 20.7. The van der Waals surface area contributed by atoms with Crippen molar-refractivity contribution >= 4 is 5.97 Å². The van der Waals surface area contributed by atoms with Gasteiger partial charge in [0.15, 0.2) is 5.82 Å². The van der Waals surface area contributed by atoms with Gasteiger partial charge < -0.3 is 9.84 Å². The monoisotopic (exact) mass is 359 g/mol. The lowest BCUT2D eigenvalue weighted by atomic mass is 10.1. The van der Waals surface area contributed by atoms with Crippen LogP contribution in [0.1, 0.15) is 53.9 Å². The first kappa shape index (κ1) is 18.8. The van der Waals surface area contributed by atoms with E-state index in [1.807, 2.05) is 6.92 Å². The molecule has 0 aliphatic rings. The van der Waals surface area contributed by atoms with Crippen molar-refractivity contribution in [2.75, 3.05) is 0 Å². The van der Waals surface area contributed by atoms with Crippen molar-refractivity contribution in [2.45, 2.75) is 45.7 Å². The summed E-state index contributed by atoms with van der Waals surface area (Å²) in [6, 6.07) is 1.51. The van der Waals surface area contributed by atoms with Crippen molar-refractivity contribution in [3.05, 3.63) is 34.9 Å². The highest BCUT2D eigenvalue weighted by molar-refractivity contribution is 5.89. The van der Waals surface area contributed by atoms with Crippen molar-refractivity contribution in [2.24, 2.45) is 0 Å². The van der Waals surface area contributed by atoms with Crippen molar-refractivity contribution in [1.82, 2.24) is 25.2 Å². The van der Waals surface area contributed by atoms with E-state index in [4.69, 9.17) is 4.74 Å². The Morgan fingerprint density at radius 1 is 1.36 bits per heavy atom. The quantitative estimate of drug-likeness (QED) is 0.810. The maximum atomic E-state index is 12.9. The van der Waals surface area contributed by atoms with Gasteiger partial charge in [0.05, 0.1) is 17.8 Å². The standard InChI is InChI=1S/C14H16F3N5O3/c1-3-9(25-7-11-19-21-22(4-2)20-11)12-8(13(23)24)5-6-10(18-12)14(15,16)17/h5-6,9H,3-4,7H2,1-2H3,(H,23,24). The number of carboxylic acids is 1. The number of aryl methyl sites for hydroxylation is 1. The van der Waals surface area contributed by atoms with E-state index in [2.05, 4.69) is 20.4 Å². The SMILES string of the molecule is CCC(OCc1nnn(CC)n1)c1nc(C(F)(F)F)ccc1C(=O)O. The lowest BCUT2D eigenvalue weighted by molar-refractivity contribution is -0.141. The second kappa shape index (κ2) is 7.55. The van der Waals surface area contributed by atoms with Crippen LogP contribution in [0.3, 0.4) is 0 Å². The zero-order chi connectivity index (χ0) is 18.6. The van der Waals surface area contributed by atoms with Gasteiger partial charge in [-0.05, 0) is 30.7 Å². The highest BCUT2D eigenvalue weighted by atomic mass is 19.4. The van der Waals surface area contributed by atoms with E-state index >= 15 is 0 Å². The number of hydrogen-bond acceptors (Lipinski definition) is 6. The summed E-state index contributed by atoms with van der Waals surface area (Å²) in [5.41, 5.74) is -1.80. The molecule has 0 saturated heterocycles. The van der Waals surface area contributed by atoms with Gasteiger partial charge in [-0.15, -0.1) is 10.2 Å². The van der Waals surface area contributed by atoms with Crippen molar-refractivity contribution in [3.8, 4) is 0 Å². The first-order valence-electron chi connectivity index (χ1n) is 7.46. The molecule has 0 amide bonds. The van der Waals surface area contributed by atoms with Crippen LogP contribution in [0.2, 0.25) is 0 Å². The van der Waals surface area contributed by atoms with E-state index in [1.165, 1.54) is 4.80 Å². The predicted molar refractivity (Wildman–Crippen MR) is 77.5 cm³/mol. The third-order valence-electron chi connectivity index (χ3n) is 3.31. The Kier molecular flexibility index (Phi) is 5.67. The minimum Gasteiger partial charge on any atom is -0.478 e. The second-order valence-corrected chi connectivity index (χ2v) is 5.03. The van der Waals surface area contributed by atoms with E-state index in [0.29, 0.717) is 12.6 Å². The molecule has 0 fully saturated rings. The van der Waals surface area contributed by atoms with E-state index in [1.54, 1.807) is 6.92 Å². The molecule has 11 heteroatoms. The van der Waals surface area contributed by atoms with Gasteiger partial charge in [0.25, 0.3) is 0 Å². The van der Waals surface area contributed by atoms with E-state index < -0.39 is 23.9 Å². The molecule has 2 aromatic rings. The number of nitrogens with zero attached hydrogens (tertiary/aromatic N) is 5. The van der Waals surface area contributed by atoms with E-state index in [9.17, 15) is 23.1 Å². The van der Waals surface area contributed by atoms with Gasteiger partial charge in [-0.3, -0.25) is 0 Å². The van der Waals surface area contributed by atoms with Gasteiger partial charge in [0.2, 0.25) is 0 Å². The first-order valence-corrected chi connectivity index (χ1v) is 7.46. The van der Waals surface area contributed by atoms with Crippen LogP contribution in [0, 0.1) is 0 Å². The zero-order valence-corrected chi connectivity index (χ0v) is 13.5. The number of pyridine rings is 1. The normalized spacial score (nSPS) is 13.0. The number of ether oxygens (including phenoxy) is 1. The minimum atomic E-state index is -4.69. The Balaban J connectivity index is 2.29. The fraction of sp³-hybridized carbons (Fsp3) is 0.500. The second-order valence-electron chi connectivity index (χ2n) is 5.03. The third kappa shape index (κ3) is 4.50. The van der Waals surface area contributed by atoms with Gasteiger partial charge in [-0.2, -0.15) is 18.0 Å². The average Bonchev–Trinajstić information content (AvgIpc) is 3.02. The van der Waals surface area contributed by atoms with Crippen molar-refractivity contribution < 1.29 is 27.8 Å². The van der Waals surface area contributed by atoms with Crippen LogP contribution in [-0.4, -0.2) is 36.3 Å². The summed E-state index contributed by atoms with van der Waals surface area (Å²) in [6.45, 7) is 3.83. The molecule has 2 heterocycles. The summed E-state index contributed by atoms with van der Waals surface area (Å²) in [4.78, 5) is 16.1. The fourth-order valence-corrected chi connectivity index (χ4v) is 2.09. The number of aromatic carboxylic acids is 1. The summed E-state index contributed by atoms with van der Waals surface area (Å²) in [7, 11) is 0. The van der Waals surface area contributed by atoms with Gasteiger partial charge in [-0.1, -0.05) is 6.92 Å². The molecular weight excluding hydrogens is 343 g/mol. The molecule has 1 atom stereocenters. The van der Waals surface area contributed by atoms with E-state index in [0.717, 1.165) is 6.07 Å². The largest absolute Gasteiger partial charge is 0.478 e. The maximum Gasteiger partial charge on any atom is 0.433 e. The molecule has 8 nitrogen and oxygen atoms in total. The van der Waals surface area contributed by atoms with Crippen LogP contribution < -0.4 is 0 Å². The molecule has 1 unspecified atom stereocenters. The highest BCUT2D eigenvalue weighted by Gasteiger charge is 2.34. The summed E-state index contributed by atoms with van der Waals surface area (Å²) in [6.07, 6.45) is -5.42. The Labute approximate surface area is 140 Å². The Morgan fingerprint density at radius 3 is 2.60 bits per heavy atom. The molecule has 0 aliphatic heterocycles. The van der Waals surface area contributed by atoms with Crippen LogP contribution in [0.25, 0.3) is 0 Å². The Bertz CT molecular complexity index is 748. The van der Waals surface area contributed by atoms with Crippen molar-refractivity contribution in [1.29, 1.82) is 0 Å². The smallest absolute Gasteiger partial charge is 0.433 e. The van der Waals surface area contributed by atoms with Crippen LogP contribution in [-0.2, 0) is 24.1 Å². The Hall–Kier alpha value is -2.56. The fourth-order valence-electron chi connectivity index (χ4n) is 2.09. The highest BCUT2D eigenvalue weighted by Crippen LogP contribution is 2.31. The molecule has 136 valence electrons. The molecule has 1 N–H and O–H groups in total. The van der Waals surface area contributed by atoms with Crippen LogP contribution in [0.5, 0.6) is 0 Å². The first-order chi connectivity index (χ1) is 11.8. The average molecular weight is 359 g/mol. The third-order valence-corrected chi connectivity index (χ3v) is 3.31. The number of carboxylic acid groups (broad SMARTS) is 1. The zero-order valence-electron chi connectivity index (χ0n) is 13.5. The summed E-state index contributed by atoms with van der Waals surface area (Å²) >= 11 is 0. The number of halogens is 3. The molecular formula is C14H16F3N5O3. The lowest BCUT2D eigenvalue weighted by Gasteiger charge is -2.18. The molecule has 0 bridgehead atoms. The van der Waals surface area contributed by atoms with E-state index in [-0.39, 0.29) is 30.1 Å². The topological polar surface area (TPSA) is 103 Å². The molecule has 0 radical (unpaired) electrons. The maximum absolute atomic E-state index is 12.9. The number of aromatic nitrogens is 5. The molecule has 0 aromatic carbocycles. The lowest BCUT2D eigenvalue weighted by Crippen LogP contribution is -2.17. The summed E-state index contributed by atoms with van der Waals surface area (Å²) in [5.74, 6) is -1.14. The van der Waals surface area contributed by atoms with Gasteiger partial charge in [-0.25, -0.2) is 9.78 Å². The molecule has 0 saturated carbocycles. The van der Waals surface area contributed by atoms with Crippen LogP contribution in [0.15, 0.2) is 12.1 Å². The number of carbonyl (C=O) groups is 1.